The van der Waals surface area contributed by atoms with E-state index in [1.165, 1.54) is 6.07 Å². The highest BCUT2D eigenvalue weighted by atomic mass is 16.5. The summed E-state index contributed by atoms with van der Waals surface area (Å²) in [5, 5.41) is 26.7. The van der Waals surface area contributed by atoms with Crippen molar-refractivity contribution in [2.24, 2.45) is 13.0 Å². The van der Waals surface area contributed by atoms with Crippen molar-refractivity contribution >= 4 is 30.9 Å². The van der Waals surface area contributed by atoms with Gasteiger partial charge in [-0.25, -0.2) is 4.98 Å². The van der Waals surface area contributed by atoms with Crippen LogP contribution in [-0.4, -0.2) is 77.1 Å². The molecule has 1 amide bonds. The van der Waals surface area contributed by atoms with Crippen LogP contribution in [0.5, 0.6) is 11.5 Å². The number of amides is 1. The van der Waals surface area contributed by atoms with Gasteiger partial charge in [-0.2, -0.15) is 4.98 Å². The molecule has 0 atom stereocenters. The first-order chi connectivity index (χ1) is 23.9. The maximum atomic E-state index is 12.0. The number of carbonyl (C=O) groups is 3. The van der Waals surface area contributed by atoms with Gasteiger partial charge in [-0.15, -0.1) is 0 Å². The van der Waals surface area contributed by atoms with Gasteiger partial charge in [-0.05, 0) is 73.4 Å². The fourth-order valence-corrected chi connectivity index (χ4v) is 4.91. The summed E-state index contributed by atoms with van der Waals surface area (Å²) in [4.78, 5) is 40.9. The van der Waals surface area contributed by atoms with Gasteiger partial charge < -0.3 is 44.0 Å². The third kappa shape index (κ3) is 11.6. The van der Waals surface area contributed by atoms with Crippen molar-refractivity contribution in [1.82, 2.24) is 25.0 Å². The number of hydrogen-bond acceptors (Lipinski definition) is 11. The van der Waals surface area contributed by atoms with Crippen molar-refractivity contribution in [1.29, 1.82) is 0 Å². The third-order valence-corrected chi connectivity index (χ3v) is 7.34. The number of phenols is 2. The number of benzene rings is 3. The minimum absolute atomic E-state index is 0.0150. The van der Waals surface area contributed by atoms with E-state index in [9.17, 15) is 15.0 Å². The summed E-state index contributed by atoms with van der Waals surface area (Å²) in [6, 6.07) is 17.7. The number of aromatic nitrogens is 4. The number of carbonyl (C=O) groups excluding carboxylic acids is 3. The Labute approximate surface area is 293 Å². The van der Waals surface area contributed by atoms with Gasteiger partial charge in [0.15, 0.2) is 0 Å². The Morgan fingerprint density at radius 3 is 2.18 bits per heavy atom. The fraction of sp³-hybridized carbons (Fsp3) is 0.297. The highest BCUT2D eigenvalue weighted by molar-refractivity contribution is 5.95. The molecule has 0 aliphatic heterocycles. The molecule has 0 aliphatic rings. The standard InChI is InChI=1S/C30H35N5O4.C5H8N2.2CH2O/c1-19(2)11-12-34(4)26-10-9-21(16-27(26)35(5)18-20-13-24(36)17-25(37)14-20)28-32-30(39-33-28)23-8-6-7-22(15-23)29(38)31-3;1-5-3-7(2)4-6-5;2*1-2/h6-10,13-17,19,36-37H,11-12,18H2,1-5H3,(H,31,38);3-4H,1-2H3;2*1H2. The number of imidazole rings is 1. The van der Waals surface area contributed by atoms with E-state index in [2.05, 4.69) is 51.1 Å². The van der Waals surface area contributed by atoms with Crippen LogP contribution in [0.15, 0.2) is 77.7 Å². The topological polar surface area (TPSA) is 167 Å². The summed E-state index contributed by atoms with van der Waals surface area (Å²) in [7, 11) is 7.58. The van der Waals surface area contributed by atoms with Gasteiger partial charge in [0.05, 0.1) is 23.4 Å². The lowest BCUT2D eigenvalue weighted by Crippen LogP contribution is -2.24. The molecular formula is C37H47N7O6. The number of nitrogens with one attached hydrogen (secondary N) is 1. The van der Waals surface area contributed by atoms with Crippen molar-refractivity contribution in [2.45, 2.75) is 33.7 Å². The van der Waals surface area contributed by atoms with E-state index in [0.29, 0.717) is 35.3 Å². The second-order valence-electron chi connectivity index (χ2n) is 11.8. The number of rotatable bonds is 10. The highest BCUT2D eigenvalue weighted by Crippen LogP contribution is 2.35. The average Bonchev–Trinajstić information content (AvgIpc) is 3.76. The van der Waals surface area contributed by atoms with Crippen LogP contribution in [0.2, 0.25) is 0 Å². The first kappa shape index (κ1) is 40.2. The summed E-state index contributed by atoms with van der Waals surface area (Å²) in [6.45, 7) is 11.7. The van der Waals surface area contributed by atoms with Crippen LogP contribution < -0.4 is 15.1 Å². The van der Waals surface area contributed by atoms with E-state index in [0.717, 1.165) is 41.2 Å². The first-order valence-electron chi connectivity index (χ1n) is 15.7. The number of aryl methyl sites for hydroxylation is 2. The second-order valence-corrected chi connectivity index (χ2v) is 11.8. The zero-order chi connectivity index (χ0) is 37.4. The maximum Gasteiger partial charge on any atom is 0.258 e. The number of aromatic hydroxyl groups is 2. The Morgan fingerprint density at radius 1 is 0.940 bits per heavy atom. The first-order valence-corrected chi connectivity index (χ1v) is 15.7. The zero-order valence-electron chi connectivity index (χ0n) is 29.8. The number of anilines is 2. The van der Waals surface area contributed by atoms with E-state index >= 15 is 0 Å². The lowest BCUT2D eigenvalue weighted by molar-refractivity contribution is -0.0987. The number of phenolic OH excluding ortho intramolecular Hbond substituents is 2. The zero-order valence-corrected chi connectivity index (χ0v) is 29.8. The van der Waals surface area contributed by atoms with Crippen molar-refractivity contribution in [3.05, 3.63) is 90.0 Å². The van der Waals surface area contributed by atoms with Gasteiger partial charge in [0.2, 0.25) is 5.82 Å². The van der Waals surface area contributed by atoms with Crippen molar-refractivity contribution in [3.8, 4) is 34.3 Å². The van der Waals surface area contributed by atoms with Gasteiger partial charge in [-0.3, -0.25) is 4.79 Å². The van der Waals surface area contributed by atoms with Crippen LogP contribution >= 0.6 is 0 Å². The van der Waals surface area contributed by atoms with Gasteiger partial charge in [0.25, 0.3) is 11.8 Å². The molecule has 0 aliphatic carbocycles. The largest absolute Gasteiger partial charge is 0.508 e. The summed E-state index contributed by atoms with van der Waals surface area (Å²) < 4.78 is 7.49. The molecule has 50 heavy (non-hydrogen) atoms. The Kier molecular flexibility index (Phi) is 15.9. The highest BCUT2D eigenvalue weighted by Gasteiger charge is 2.18. The molecule has 0 fully saturated rings. The Balaban J connectivity index is 0.000000684. The third-order valence-electron chi connectivity index (χ3n) is 7.34. The predicted octanol–water partition coefficient (Wildman–Crippen LogP) is 5.65. The van der Waals surface area contributed by atoms with Crippen LogP contribution in [0.4, 0.5) is 11.4 Å². The van der Waals surface area contributed by atoms with Crippen LogP contribution in [-0.2, 0) is 23.2 Å². The molecule has 5 aromatic rings. The molecule has 0 saturated carbocycles. The molecule has 266 valence electrons. The summed E-state index contributed by atoms with van der Waals surface area (Å²) in [6.07, 6.45) is 4.81. The second kappa shape index (κ2) is 19.7. The molecule has 0 unspecified atom stereocenters. The molecule has 3 N–H and O–H groups in total. The molecule has 13 heteroatoms. The summed E-state index contributed by atoms with van der Waals surface area (Å²) in [5.41, 5.74) is 5.75. The molecule has 0 saturated heterocycles. The Hall–Kier alpha value is -5.98. The van der Waals surface area contributed by atoms with Crippen molar-refractivity contribution in [2.75, 3.05) is 37.5 Å². The number of hydrogen-bond donors (Lipinski definition) is 3. The summed E-state index contributed by atoms with van der Waals surface area (Å²) in [5.74, 6) is 1.15. The monoisotopic (exact) mass is 685 g/mol. The fourth-order valence-electron chi connectivity index (χ4n) is 4.91. The molecule has 0 spiro atoms. The normalized spacial score (nSPS) is 10.1. The Morgan fingerprint density at radius 2 is 1.62 bits per heavy atom. The maximum absolute atomic E-state index is 12.0. The van der Waals surface area contributed by atoms with Crippen LogP contribution in [0.1, 0.15) is 41.9 Å². The van der Waals surface area contributed by atoms with E-state index in [4.69, 9.17) is 14.1 Å². The summed E-state index contributed by atoms with van der Waals surface area (Å²) >= 11 is 0. The molecule has 0 radical (unpaired) electrons. The minimum atomic E-state index is -0.193. The molecule has 3 aromatic carbocycles. The van der Waals surface area contributed by atoms with E-state index in [1.807, 2.05) is 69.6 Å². The van der Waals surface area contributed by atoms with Crippen molar-refractivity contribution < 1.29 is 29.1 Å². The quantitative estimate of drug-likeness (QED) is 0.166. The van der Waals surface area contributed by atoms with Crippen LogP contribution in [0, 0.1) is 12.8 Å². The molecule has 2 heterocycles. The lowest BCUT2D eigenvalue weighted by Gasteiger charge is -2.29. The van der Waals surface area contributed by atoms with Crippen LogP contribution in [0.25, 0.3) is 22.8 Å². The predicted molar refractivity (Wildman–Crippen MR) is 195 cm³/mol. The Bertz CT molecular complexity index is 1760. The van der Waals surface area contributed by atoms with Gasteiger partial charge in [0, 0.05) is 70.2 Å². The molecule has 5 rings (SSSR count). The minimum Gasteiger partial charge on any atom is -0.508 e. The van der Waals surface area contributed by atoms with E-state index in [1.54, 1.807) is 43.7 Å². The van der Waals surface area contributed by atoms with E-state index < -0.39 is 0 Å². The smallest absolute Gasteiger partial charge is 0.258 e. The van der Waals surface area contributed by atoms with Crippen LogP contribution in [0.3, 0.4) is 0 Å². The van der Waals surface area contributed by atoms with Gasteiger partial charge >= 0.3 is 0 Å². The molecule has 13 nitrogen and oxygen atoms in total. The molecular weight excluding hydrogens is 638 g/mol. The van der Waals surface area contributed by atoms with Gasteiger partial charge in [0.1, 0.15) is 25.1 Å². The molecule has 0 bridgehead atoms. The van der Waals surface area contributed by atoms with E-state index in [-0.39, 0.29) is 17.4 Å². The number of nitrogens with zero attached hydrogens (tertiary/aromatic N) is 6. The lowest BCUT2D eigenvalue weighted by atomic mass is 10.1. The molecule has 2 aromatic heterocycles. The SMILES string of the molecule is C=O.C=O.CNC(=O)c1cccc(-c2nc(-c3ccc(N(C)CCC(C)C)c(N(C)Cc4cc(O)cc(O)c4)c3)no2)c1.Cc1cn(C)cn1. The van der Waals surface area contributed by atoms with Crippen molar-refractivity contribution in [3.63, 3.8) is 0 Å². The van der Waals surface area contributed by atoms with Gasteiger partial charge in [-0.1, -0.05) is 25.1 Å². The average molecular weight is 686 g/mol.